The van der Waals surface area contributed by atoms with Gasteiger partial charge in [0.1, 0.15) is 4.90 Å². The zero-order valence-corrected chi connectivity index (χ0v) is 22.8. The lowest BCUT2D eigenvalue weighted by Gasteiger charge is -2.14. The van der Waals surface area contributed by atoms with Gasteiger partial charge in [0.05, 0.1) is 33.1 Å². The van der Waals surface area contributed by atoms with Gasteiger partial charge in [-0.05, 0) is 50.2 Å². The summed E-state index contributed by atoms with van der Waals surface area (Å²) in [4.78, 5) is 14.4. The number of benzene rings is 3. The first kappa shape index (κ1) is 26.3. The molecular weight excluding hydrogens is 516 g/mol. The zero-order valence-electron chi connectivity index (χ0n) is 21.2. The number of carbonyl (C=O) groups is 1. The summed E-state index contributed by atoms with van der Waals surface area (Å²) in [7, 11) is 1.70. The van der Waals surface area contributed by atoms with Gasteiger partial charge in [-0.25, -0.2) is 0 Å². The highest BCUT2D eigenvalue weighted by Gasteiger charge is 2.27. The minimum absolute atomic E-state index is 0.0131. The third-order valence-electron chi connectivity index (χ3n) is 5.83. The molecule has 0 atom stereocenters. The summed E-state index contributed by atoms with van der Waals surface area (Å²) >= 11 is 1.25. The number of rotatable bonds is 9. The van der Waals surface area contributed by atoms with Crippen LogP contribution in [0.2, 0.25) is 0 Å². The summed E-state index contributed by atoms with van der Waals surface area (Å²) in [5.41, 5.74) is 1.65. The Morgan fingerprint density at radius 2 is 1.35 bits per heavy atom. The molecule has 0 bridgehead atoms. The van der Waals surface area contributed by atoms with Gasteiger partial charge in [0, 0.05) is 21.4 Å². The van der Waals surface area contributed by atoms with Crippen LogP contribution in [0.3, 0.4) is 0 Å². The Morgan fingerprint density at radius 1 is 0.757 bits per heavy atom. The predicted octanol–water partition coefficient (Wildman–Crippen LogP) is 5.55. The molecule has 0 aliphatic carbocycles. The normalized spacial score (nSPS) is 11.3. The number of methoxy groups -OCH3 is 4. The standard InChI is InChI=1S/C27H26O8S2/c1-15-7-9-18(10-8-15)37(29,30)35-26-20(31-3)12-11-19-23(16(2)36-27(19)26)24(28)17-13-21(32-4)25(34-6)22(14-17)33-5/h7-14H,1-6H3. The Bertz CT molecular complexity index is 1560. The van der Waals surface area contributed by atoms with Crippen LogP contribution >= 0.6 is 11.3 Å². The largest absolute Gasteiger partial charge is 0.493 e. The van der Waals surface area contributed by atoms with Crippen LogP contribution in [0, 0.1) is 13.8 Å². The van der Waals surface area contributed by atoms with Crippen molar-refractivity contribution in [2.75, 3.05) is 28.4 Å². The summed E-state index contributed by atoms with van der Waals surface area (Å²) in [6.45, 7) is 3.66. The van der Waals surface area contributed by atoms with E-state index in [0.29, 0.717) is 43.3 Å². The van der Waals surface area contributed by atoms with Gasteiger partial charge < -0.3 is 23.1 Å². The summed E-state index contributed by atoms with van der Waals surface area (Å²) in [5, 5.41) is 0.538. The Balaban J connectivity index is 1.86. The van der Waals surface area contributed by atoms with Crippen molar-refractivity contribution in [1.29, 1.82) is 0 Å². The maximum atomic E-state index is 13.7. The third kappa shape index (κ3) is 4.82. The molecule has 0 amide bonds. The van der Waals surface area contributed by atoms with Gasteiger partial charge in [0.25, 0.3) is 0 Å². The molecule has 0 saturated heterocycles. The van der Waals surface area contributed by atoms with E-state index < -0.39 is 10.1 Å². The van der Waals surface area contributed by atoms with Crippen LogP contribution in [0.15, 0.2) is 53.4 Å². The van der Waals surface area contributed by atoms with E-state index in [4.69, 9.17) is 23.1 Å². The SMILES string of the molecule is COc1cc(C(=O)c2c(C)sc3c(OS(=O)(=O)c4ccc(C)cc4)c(OC)ccc23)cc(OC)c1OC. The van der Waals surface area contributed by atoms with Gasteiger partial charge in [0.15, 0.2) is 23.0 Å². The van der Waals surface area contributed by atoms with Crippen LogP contribution in [0.1, 0.15) is 26.4 Å². The maximum Gasteiger partial charge on any atom is 0.339 e. The molecule has 0 fully saturated rings. The van der Waals surface area contributed by atoms with E-state index in [0.717, 1.165) is 5.56 Å². The maximum absolute atomic E-state index is 13.7. The highest BCUT2D eigenvalue weighted by atomic mass is 32.2. The molecule has 37 heavy (non-hydrogen) atoms. The fourth-order valence-electron chi connectivity index (χ4n) is 3.98. The van der Waals surface area contributed by atoms with Crippen LogP contribution in [0.4, 0.5) is 0 Å². The van der Waals surface area contributed by atoms with Crippen LogP contribution in [0.25, 0.3) is 10.1 Å². The molecule has 1 heterocycles. The molecule has 4 aromatic rings. The number of fused-ring (bicyclic) bond motifs is 1. The van der Waals surface area contributed by atoms with E-state index in [-0.39, 0.29) is 22.2 Å². The molecule has 4 rings (SSSR count). The number of hydrogen-bond acceptors (Lipinski definition) is 9. The Morgan fingerprint density at radius 3 is 1.89 bits per heavy atom. The van der Waals surface area contributed by atoms with Crippen molar-refractivity contribution in [3.05, 3.63) is 70.1 Å². The van der Waals surface area contributed by atoms with E-state index in [9.17, 15) is 13.2 Å². The van der Waals surface area contributed by atoms with Crippen molar-refractivity contribution in [1.82, 2.24) is 0 Å². The van der Waals surface area contributed by atoms with Gasteiger partial charge >= 0.3 is 10.1 Å². The van der Waals surface area contributed by atoms with Crippen molar-refractivity contribution in [2.45, 2.75) is 18.7 Å². The van der Waals surface area contributed by atoms with E-state index in [1.807, 2.05) is 6.92 Å². The molecule has 0 spiro atoms. The van der Waals surface area contributed by atoms with Crippen LogP contribution < -0.4 is 23.1 Å². The van der Waals surface area contributed by atoms with Crippen molar-refractivity contribution >= 4 is 37.3 Å². The minimum Gasteiger partial charge on any atom is -0.493 e. The summed E-state index contributed by atoms with van der Waals surface area (Å²) in [6.07, 6.45) is 0. The molecule has 0 unspecified atom stereocenters. The molecule has 0 saturated carbocycles. The fraction of sp³-hybridized carbons (Fsp3) is 0.222. The van der Waals surface area contributed by atoms with E-state index in [1.54, 1.807) is 43.3 Å². The molecule has 1 aromatic heterocycles. The summed E-state index contributed by atoms with van der Waals surface area (Å²) in [6, 6.07) is 12.8. The number of ether oxygens (including phenoxy) is 4. The zero-order chi connectivity index (χ0) is 26.9. The van der Waals surface area contributed by atoms with Gasteiger partial charge in [-0.15, -0.1) is 11.3 Å². The first-order valence-corrected chi connectivity index (χ1v) is 13.3. The molecule has 0 radical (unpaired) electrons. The quantitative estimate of drug-likeness (QED) is 0.201. The Labute approximate surface area is 219 Å². The predicted molar refractivity (Wildman–Crippen MR) is 142 cm³/mol. The van der Waals surface area contributed by atoms with Crippen molar-refractivity contribution in [3.63, 3.8) is 0 Å². The summed E-state index contributed by atoms with van der Waals surface area (Å²) < 4.78 is 53.9. The van der Waals surface area contributed by atoms with E-state index in [1.165, 1.54) is 51.9 Å². The second-order valence-electron chi connectivity index (χ2n) is 8.10. The highest BCUT2D eigenvalue weighted by Crippen LogP contribution is 2.45. The molecule has 194 valence electrons. The second-order valence-corrected chi connectivity index (χ2v) is 10.9. The highest BCUT2D eigenvalue weighted by molar-refractivity contribution is 7.87. The molecular formula is C27H26O8S2. The van der Waals surface area contributed by atoms with Crippen LogP contribution in [-0.2, 0) is 10.1 Å². The molecule has 0 aliphatic rings. The lowest BCUT2D eigenvalue weighted by Crippen LogP contribution is -2.10. The lowest BCUT2D eigenvalue weighted by atomic mass is 9.99. The molecule has 8 nitrogen and oxygen atoms in total. The monoisotopic (exact) mass is 542 g/mol. The van der Waals surface area contributed by atoms with Gasteiger partial charge in [0.2, 0.25) is 11.5 Å². The average Bonchev–Trinajstić information content (AvgIpc) is 3.23. The van der Waals surface area contributed by atoms with E-state index in [2.05, 4.69) is 0 Å². The lowest BCUT2D eigenvalue weighted by molar-refractivity contribution is 0.103. The van der Waals surface area contributed by atoms with Gasteiger partial charge in [-0.1, -0.05) is 17.7 Å². The van der Waals surface area contributed by atoms with Crippen molar-refractivity contribution in [2.24, 2.45) is 0 Å². The fourth-order valence-corrected chi connectivity index (χ4v) is 6.11. The van der Waals surface area contributed by atoms with Crippen molar-refractivity contribution in [3.8, 4) is 28.7 Å². The Kier molecular flexibility index (Phi) is 7.33. The molecule has 0 aliphatic heterocycles. The smallest absolute Gasteiger partial charge is 0.339 e. The number of aryl methyl sites for hydroxylation is 2. The van der Waals surface area contributed by atoms with E-state index >= 15 is 0 Å². The van der Waals surface area contributed by atoms with Crippen molar-refractivity contribution < 1.29 is 36.3 Å². The molecule has 10 heteroatoms. The Hall–Kier alpha value is -3.76. The van der Waals surface area contributed by atoms with Crippen LogP contribution in [0.5, 0.6) is 28.7 Å². The minimum atomic E-state index is -4.16. The molecule has 3 aromatic carbocycles. The number of thiophene rings is 1. The van der Waals surface area contributed by atoms with Crippen LogP contribution in [-0.4, -0.2) is 42.6 Å². The number of ketones is 1. The topological polar surface area (TPSA) is 97.4 Å². The number of carbonyl (C=O) groups excluding carboxylic acids is 1. The van der Waals surface area contributed by atoms with Gasteiger partial charge in [-0.3, -0.25) is 4.79 Å². The first-order chi connectivity index (χ1) is 17.6. The summed E-state index contributed by atoms with van der Waals surface area (Å²) in [5.74, 6) is 1.03. The van der Waals surface area contributed by atoms with Gasteiger partial charge in [-0.2, -0.15) is 8.42 Å². The average molecular weight is 543 g/mol. The second kappa shape index (κ2) is 10.3. The number of hydrogen-bond donors (Lipinski definition) is 0. The third-order valence-corrected chi connectivity index (χ3v) is 8.18. The first-order valence-electron chi connectivity index (χ1n) is 11.1. The molecule has 0 N–H and O–H groups in total.